The number of carbonyl (C=O) groups is 1. The lowest BCUT2D eigenvalue weighted by atomic mass is 10.1. The molecule has 0 fully saturated rings. The number of furan rings is 1. The molecule has 4 aromatic rings. The number of hydrogen-bond acceptors (Lipinski definition) is 7. The molecule has 0 bridgehead atoms. The Morgan fingerprint density at radius 3 is 2.86 bits per heavy atom. The molecular formula is C20H17N3O6. The fraction of sp³-hybridized carbons (Fsp3) is 0.150. The molecule has 29 heavy (non-hydrogen) atoms. The van der Waals surface area contributed by atoms with Crippen LogP contribution >= 0.6 is 0 Å². The van der Waals surface area contributed by atoms with Crippen LogP contribution in [0, 0.1) is 0 Å². The molecule has 2 N–H and O–H groups in total. The summed E-state index contributed by atoms with van der Waals surface area (Å²) in [5.74, 6) is 0.555. The smallest absolute Gasteiger partial charge is 0.349 e. The van der Waals surface area contributed by atoms with Crippen molar-refractivity contribution in [1.29, 1.82) is 0 Å². The zero-order chi connectivity index (χ0) is 20.4. The van der Waals surface area contributed by atoms with Gasteiger partial charge in [-0.1, -0.05) is 12.1 Å². The summed E-state index contributed by atoms with van der Waals surface area (Å²) in [4.78, 5) is 25.1. The van der Waals surface area contributed by atoms with Gasteiger partial charge in [0.25, 0.3) is 5.91 Å². The first kappa shape index (κ1) is 18.5. The van der Waals surface area contributed by atoms with Gasteiger partial charge in [0.2, 0.25) is 0 Å². The maximum absolute atomic E-state index is 12.8. The van der Waals surface area contributed by atoms with Crippen LogP contribution in [0.3, 0.4) is 0 Å². The Morgan fingerprint density at radius 2 is 2.14 bits per heavy atom. The van der Waals surface area contributed by atoms with E-state index in [0.29, 0.717) is 28.4 Å². The van der Waals surface area contributed by atoms with Crippen LogP contribution in [0.25, 0.3) is 22.4 Å². The molecule has 0 radical (unpaired) electrons. The van der Waals surface area contributed by atoms with Gasteiger partial charge in [0, 0.05) is 11.5 Å². The molecule has 0 aliphatic carbocycles. The number of anilines is 1. The van der Waals surface area contributed by atoms with Crippen molar-refractivity contribution >= 4 is 22.7 Å². The second-order valence-electron chi connectivity index (χ2n) is 6.12. The number of ether oxygens (including phenoxy) is 1. The van der Waals surface area contributed by atoms with E-state index in [9.17, 15) is 14.7 Å². The molecule has 0 saturated heterocycles. The van der Waals surface area contributed by atoms with Crippen LogP contribution in [0.15, 0.2) is 62.4 Å². The molecule has 0 aliphatic heterocycles. The normalized spacial score (nSPS) is 11.0. The summed E-state index contributed by atoms with van der Waals surface area (Å²) in [6, 6.07) is 11.6. The monoisotopic (exact) mass is 395 g/mol. The second-order valence-corrected chi connectivity index (χ2v) is 6.12. The summed E-state index contributed by atoms with van der Waals surface area (Å²) < 4.78 is 17.2. The quantitative estimate of drug-likeness (QED) is 0.481. The van der Waals surface area contributed by atoms with E-state index in [1.54, 1.807) is 36.4 Å². The molecule has 1 aromatic carbocycles. The number of aromatic nitrogens is 2. The number of amides is 1. The summed E-state index contributed by atoms with van der Waals surface area (Å²) in [7, 11) is 1.47. The maximum atomic E-state index is 12.8. The van der Waals surface area contributed by atoms with Gasteiger partial charge < -0.3 is 24.0 Å². The molecule has 148 valence electrons. The number of aliphatic hydroxyl groups is 1. The molecule has 0 aliphatic rings. The Kier molecular flexibility index (Phi) is 4.88. The number of fused-ring (bicyclic) bond motifs is 1. The van der Waals surface area contributed by atoms with E-state index in [-0.39, 0.29) is 24.3 Å². The average molecular weight is 395 g/mol. The minimum absolute atomic E-state index is 0.153. The van der Waals surface area contributed by atoms with Crippen LogP contribution < -0.4 is 15.7 Å². The first-order chi connectivity index (χ1) is 14.1. The Balaban J connectivity index is 1.69. The third-order valence-electron chi connectivity index (χ3n) is 4.30. The molecule has 0 unspecified atom stereocenters. The minimum Gasteiger partial charge on any atom is -0.493 e. The van der Waals surface area contributed by atoms with E-state index in [4.69, 9.17) is 13.6 Å². The Hall–Kier alpha value is -3.85. The van der Waals surface area contributed by atoms with Crippen molar-refractivity contribution in [3.8, 4) is 17.2 Å². The van der Waals surface area contributed by atoms with Crippen LogP contribution in [0.1, 0.15) is 10.4 Å². The van der Waals surface area contributed by atoms with Crippen LogP contribution in [0.5, 0.6) is 5.75 Å². The van der Waals surface area contributed by atoms with Crippen LogP contribution in [-0.4, -0.2) is 34.5 Å². The molecule has 0 saturated carbocycles. The van der Waals surface area contributed by atoms with E-state index in [1.807, 2.05) is 0 Å². The number of nitrogens with one attached hydrogen (secondary N) is 1. The molecule has 9 nitrogen and oxygen atoms in total. The van der Waals surface area contributed by atoms with Gasteiger partial charge in [0.05, 0.1) is 26.5 Å². The van der Waals surface area contributed by atoms with E-state index >= 15 is 0 Å². The van der Waals surface area contributed by atoms with Crippen molar-refractivity contribution < 1.29 is 23.5 Å². The predicted octanol–water partition coefficient (Wildman–Crippen LogP) is 2.50. The lowest BCUT2D eigenvalue weighted by Crippen LogP contribution is -2.22. The molecule has 9 heteroatoms. The van der Waals surface area contributed by atoms with Gasteiger partial charge in [-0.25, -0.2) is 9.48 Å². The Morgan fingerprint density at radius 1 is 1.28 bits per heavy atom. The molecule has 4 rings (SSSR count). The van der Waals surface area contributed by atoms with Crippen LogP contribution in [-0.2, 0) is 6.54 Å². The van der Waals surface area contributed by atoms with Crippen molar-refractivity contribution in [3.05, 3.63) is 64.7 Å². The number of aliphatic hydroxyl groups excluding tert-OH is 1. The molecule has 3 aromatic heterocycles. The number of rotatable bonds is 6. The van der Waals surface area contributed by atoms with E-state index in [1.165, 1.54) is 24.1 Å². The number of carbonyl (C=O) groups excluding carboxylic acids is 1. The van der Waals surface area contributed by atoms with Crippen molar-refractivity contribution in [2.75, 3.05) is 19.0 Å². The maximum Gasteiger partial charge on any atom is 0.349 e. The number of para-hydroxylation sites is 1. The molecule has 0 atom stereocenters. The summed E-state index contributed by atoms with van der Waals surface area (Å²) in [5.41, 5.74) is -0.211. The van der Waals surface area contributed by atoms with Gasteiger partial charge in [-0.05, 0) is 24.3 Å². The highest BCUT2D eigenvalue weighted by molar-refractivity contribution is 6.05. The van der Waals surface area contributed by atoms with Crippen molar-refractivity contribution in [1.82, 2.24) is 9.78 Å². The van der Waals surface area contributed by atoms with Gasteiger partial charge in [-0.2, -0.15) is 5.10 Å². The van der Waals surface area contributed by atoms with E-state index in [2.05, 4.69) is 10.4 Å². The summed E-state index contributed by atoms with van der Waals surface area (Å²) in [6.45, 7) is -0.0279. The van der Waals surface area contributed by atoms with Gasteiger partial charge in [-0.3, -0.25) is 4.79 Å². The fourth-order valence-electron chi connectivity index (χ4n) is 2.95. The van der Waals surface area contributed by atoms with Gasteiger partial charge >= 0.3 is 5.63 Å². The molecule has 1 amide bonds. The van der Waals surface area contributed by atoms with Crippen molar-refractivity contribution in [3.63, 3.8) is 0 Å². The van der Waals surface area contributed by atoms with Crippen molar-refractivity contribution in [2.45, 2.75) is 6.54 Å². The third kappa shape index (κ3) is 3.50. The lowest BCUT2D eigenvalue weighted by Gasteiger charge is -2.08. The first-order valence-corrected chi connectivity index (χ1v) is 8.75. The number of nitrogens with zero attached hydrogens (tertiary/aromatic N) is 2. The van der Waals surface area contributed by atoms with E-state index in [0.717, 1.165) is 0 Å². The number of benzene rings is 1. The standard InChI is InChI=1S/C20H17N3O6/c1-27-16-5-2-4-12-10-13(20(26)29-18(12)16)19(25)21-17-11-14(15-6-3-9-28-15)22-23(17)7-8-24/h2-6,9-11,24H,7-8H2,1H3,(H,21,25). The average Bonchev–Trinajstić information content (AvgIpc) is 3.38. The SMILES string of the molecule is COc1cccc2cc(C(=O)Nc3cc(-c4ccco4)nn3CCO)c(=O)oc12. The number of methoxy groups -OCH3 is 1. The van der Waals surface area contributed by atoms with Crippen LogP contribution in [0.4, 0.5) is 5.82 Å². The number of hydrogen-bond donors (Lipinski definition) is 2. The molecule has 3 heterocycles. The summed E-state index contributed by atoms with van der Waals surface area (Å²) in [6.07, 6.45) is 1.51. The minimum atomic E-state index is -0.793. The Labute approximate surface area is 164 Å². The molecular weight excluding hydrogens is 378 g/mol. The highest BCUT2D eigenvalue weighted by Gasteiger charge is 2.19. The third-order valence-corrected chi connectivity index (χ3v) is 4.30. The predicted molar refractivity (Wildman–Crippen MR) is 104 cm³/mol. The zero-order valence-electron chi connectivity index (χ0n) is 15.4. The van der Waals surface area contributed by atoms with Gasteiger partial charge in [0.1, 0.15) is 17.1 Å². The largest absolute Gasteiger partial charge is 0.493 e. The van der Waals surface area contributed by atoms with Crippen LogP contribution in [0.2, 0.25) is 0 Å². The second kappa shape index (κ2) is 7.64. The van der Waals surface area contributed by atoms with Gasteiger partial charge in [-0.15, -0.1) is 0 Å². The topological polar surface area (TPSA) is 120 Å². The van der Waals surface area contributed by atoms with E-state index < -0.39 is 11.5 Å². The van der Waals surface area contributed by atoms with Crippen molar-refractivity contribution in [2.24, 2.45) is 0 Å². The fourth-order valence-corrected chi connectivity index (χ4v) is 2.95. The highest BCUT2D eigenvalue weighted by Crippen LogP contribution is 2.25. The first-order valence-electron chi connectivity index (χ1n) is 8.75. The Bertz CT molecular complexity index is 1220. The highest BCUT2D eigenvalue weighted by atomic mass is 16.5. The zero-order valence-corrected chi connectivity index (χ0v) is 15.4. The lowest BCUT2D eigenvalue weighted by molar-refractivity contribution is 0.102. The molecule has 0 spiro atoms. The summed E-state index contributed by atoms with van der Waals surface area (Å²) in [5, 5.41) is 16.8. The van der Waals surface area contributed by atoms with Gasteiger partial charge in [0.15, 0.2) is 17.1 Å². The summed E-state index contributed by atoms with van der Waals surface area (Å²) >= 11 is 0.